The van der Waals surface area contributed by atoms with Gasteiger partial charge in [-0.1, -0.05) is 23.7 Å². The zero-order valence-corrected chi connectivity index (χ0v) is 13.4. The van der Waals surface area contributed by atoms with Gasteiger partial charge in [0.1, 0.15) is 0 Å². The van der Waals surface area contributed by atoms with Crippen LogP contribution in [0.1, 0.15) is 29.8 Å². The van der Waals surface area contributed by atoms with Crippen molar-refractivity contribution in [1.82, 2.24) is 15.3 Å². The molecule has 0 fully saturated rings. The van der Waals surface area contributed by atoms with E-state index in [1.165, 1.54) is 12.4 Å². The molecule has 0 spiro atoms. The molecule has 1 amide bonds. The minimum atomic E-state index is -0.176. The summed E-state index contributed by atoms with van der Waals surface area (Å²) in [5.74, 6) is 0.345. The van der Waals surface area contributed by atoms with Crippen molar-refractivity contribution >= 4 is 23.5 Å². The number of hydrogen-bond acceptors (Lipinski definition) is 4. The van der Waals surface area contributed by atoms with Gasteiger partial charge in [-0.05, 0) is 38.0 Å². The van der Waals surface area contributed by atoms with E-state index >= 15 is 0 Å². The molecule has 2 aromatic rings. The van der Waals surface area contributed by atoms with Gasteiger partial charge in [0.05, 0.1) is 5.56 Å². The van der Waals surface area contributed by atoms with E-state index in [-0.39, 0.29) is 11.9 Å². The van der Waals surface area contributed by atoms with Crippen LogP contribution in [0.4, 0.5) is 5.95 Å². The van der Waals surface area contributed by atoms with Gasteiger partial charge in [0.15, 0.2) is 0 Å². The van der Waals surface area contributed by atoms with E-state index in [2.05, 4.69) is 20.6 Å². The highest BCUT2D eigenvalue weighted by Crippen LogP contribution is 2.09. The summed E-state index contributed by atoms with van der Waals surface area (Å²) in [6.45, 7) is 4.55. The highest BCUT2D eigenvalue weighted by molar-refractivity contribution is 6.30. The van der Waals surface area contributed by atoms with Crippen molar-refractivity contribution < 1.29 is 4.79 Å². The van der Waals surface area contributed by atoms with Crippen LogP contribution >= 0.6 is 11.6 Å². The lowest BCUT2D eigenvalue weighted by molar-refractivity contribution is 0.0953. The van der Waals surface area contributed by atoms with E-state index in [1.54, 1.807) is 0 Å². The van der Waals surface area contributed by atoms with Gasteiger partial charge in [-0.25, -0.2) is 9.97 Å². The number of carbonyl (C=O) groups is 1. The smallest absolute Gasteiger partial charge is 0.254 e. The second-order valence-electron chi connectivity index (χ2n) is 5.23. The van der Waals surface area contributed by atoms with Gasteiger partial charge in [0, 0.05) is 30.0 Å². The van der Waals surface area contributed by atoms with Crippen LogP contribution in [-0.2, 0) is 6.42 Å². The molecule has 1 aromatic heterocycles. The number of nitrogens with one attached hydrogen (secondary N) is 2. The predicted molar refractivity (Wildman–Crippen MR) is 88.3 cm³/mol. The fraction of sp³-hybridized carbons (Fsp3) is 0.312. The molecule has 6 heteroatoms. The van der Waals surface area contributed by atoms with Crippen molar-refractivity contribution in [3.63, 3.8) is 0 Å². The lowest BCUT2D eigenvalue weighted by Gasteiger charge is -2.08. The normalized spacial score (nSPS) is 10.5. The number of aromatic nitrogens is 2. The van der Waals surface area contributed by atoms with Crippen molar-refractivity contribution in [3.8, 4) is 0 Å². The molecule has 0 aliphatic heterocycles. The number of anilines is 1. The number of amides is 1. The zero-order valence-electron chi connectivity index (χ0n) is 12.6. The third-order valence-corrected chi connectivity index (χ3v) is 3.20. The minimum absolute atomic E-state index is 0.176. The molecule has 0 radical (unpaired) electrons. The fourth-order valence-corrected chi connectivity index (χ4v) is 1.98. The number of rotatable bonds is 6. The standard InChI is InChI=1S/C16H19ClN4O/c1-11(2)21-16-19-9-13(10-20-16)15(22)18-8-7-12-3-5-14(17)6-4-12/h3-6,9-11H,7-8H2,1-2H3,(H,18,22)(H,19,20,21). The molecule has 116 valence electrons. The Kier molecular flexibility index (Phi) is 5.72. The van der Waals surface area contributed by atoms with Gasteiger partial charge in [-0.2, -0.15) is 0 Å². The van der Waals surface area contributed by atoms with E-state index in [9.17, 15) is 4.79 Å². The van der Waals surface area contributed by atoms with Crippen LogP contribution in [-0.4, -0.2) is 28.5 Å². The molecule has 0 aliphatic rings. The molecule has 0 saturated carbocycles. The number of benzene rings is 1. The quantitative estimate of drug-likeness (QED) is 0.859. The molecular formula is C16H19ClN4O. The highest BCUT2D eigenvalue weighted by atomic mass is 35.5. The minimum Gasteiger partial charge on any atom is -0.352 e. The zero-order chi connectivity index (χ0) is 15.9. The largest absolute Gasteiger partial charge is 0.352 e. The van der Waals surface area contributed by atoms with Crippen molar-refractivity contribution in [2.75, 3.05) is 11.9 Å². The summed E-state index contributed by atoms with van der Waals surface area (Å²) in [6.07, 6.45) is 3.79. The van der Waals surface area contributed by atoms with Gasteiger partial charge < -0.3 is 10.6 Å². The lowest BCUT2D eigenvalue weighted by Crippen LogP contribution is -2.26. The van der Waals surface area contributed by atoms with Crippen molar-refractivity contribution in [2.24, 2.45) is 0 Å². The number of carbonyl (C=O) groups excluding carboxylic acids is 1. The predicted octanol–water partition coefficient (Wildman–Crippen LogP) is 2.92. The molecule has 0 unspecified atom stereocenters. The van der Waals surface area contributed by atoms with E-state index in [4.69, 9.17) is 11.6 Å². The summed E-state index contributed by atoms with van der Waals surface area (Å²) >= 11 is 5.83. The summed E-state index contributed by atoms with van der Waals surface area (Å²) in [4.78, 5) is 20.2. The topological polar surface area (TPSA) is 66.9 Å². The molecule has 22 heavy (non-hydrogen) atoms. The molecule has 0 atom stereocenters. The first-order chi connectivity index (χ1) is 10.5. The van der Waals surface area contributed by atoms with Gasteiger partial charge in [0.2, 0.25) is 5.95 Å². The lowest BCUT2D eigenvalue weighted by atomic mass is 10.1. The Labute approximate surface area is 135 Å². The van der Waals surface area contributed by atoms with E-state index in [0.29, 0.717) is 23.1 Å². The third kappa shape index (κ3) is 5.00. The van der Waals surface area contributed by atoms with Crippen molar-refractivity contribution in [3.05, 3.63) is 52.8 Å². The van der Waals surface area contributed by atoms with Crippen LogP contribution in [0.3, 0.4) is 0 Å². The number of nitrogens with zero attached hydrogens (tertiary/aromatic N) is 2. The second kappa shape index (κ2) is 7.75. The van der Waals surface area contributed by atoms with Crippen LogP contribution in [0, 0.1) is 0 Å². The summed E-state index contributed by atoms with van der Waals surface area (Å²) in [6, 6.07) is 7.83. The Balaban J connectivity index is 1.83. The number of hydrogen-bond donors (Lipinski definition) is 2. The van der Waals surface area contributed by atoms with Crippen LogP contribution in [0.5, 0.6) is 0 Å². The summed E-state index contributed by atoms with van der Waals surface area (Å²) < 4.78 is 0. The Morgan fingerprint density at radius 1 is 1.18 bits per heavy atom. The highest BCUT2D eigenvalue weighted by Gasteiger charge is 2.07. The number of halogens is 1. The Morgan fingerprint density at radius 3 is 2.41 bits per heavy atom. The third-order valence-electron chi connectivity index (χ3n) is 2.94. The summed E-state index contributed by atoms with van der Waals surface area (Å²) in [5, 5.41) is 6.63. The molecule has 0 bridgehead atoms. The van der Waals surface area contributed by atoms with Gasteiger partial charge in [0.25, 0.3) is 5.91 Å². The van der Waals surface area contributed by atoms with Gasteiger partial charge in [-0.15, -0.1) is 0 Å². The molecule has 0 saturated heterocycles. The maximum atomic E-state index is 12.0. The summed E-state index contributed by atoms with van der Waals surface area (Å²) in [7, 11) is 0. The molecule has 1 heterocycles. The van der Waals surface area contributed by atoms with Crippen LogP contribution in [0.2, 0.25) is 5.02 Å². The molecule has 0 aliphatic carbocycles. The van der Waals surface area contributed by atoms with Crippen molar-refractivity contribution in [1.29, 1.82) is 0 Å². The maximum absolute atomic E-state index is 12.0. The molecular weight excluding hydrogens is 300 g/mol. The first kappa shape index (κ1) is 16.2. The fourth-order valence-electron chi connectivity index (χ4n) is 1.85. The van der Waals surface area contributed by atoms with E-state index in [0.717, 1.165) is 12.0 Å². The maximum Gasteiger partial charge on any atom is 0.254 e. The first-order valence-corrected chi connectivity index (χ1v) is 7.53. The first-order valence-electron chi connectivity index (χ1n) is 7.16. The average molecular weight is 319 g/mol. The Bertz CT molecular complexity index is 611. The van der Waals surface area contributed by atoms with Gasteiger partial charge in [-0.3, -0.25) is 4.79 Å². The van der Waals surface area contributed by atoms with Crippen LogP contribution in [0.25, 0.3) is 0 Å². The van der Waals surface area contributed by atoms with Gasteiger partial charge >= 0.3 is 0 Å². The van der Waals surface area contributed by atoms with Crippen LogP contribution < -0.4 is 10.6 Å². The second-order valence-corrected chi connectivity index (χ2v) is 5.66. The molecule has 2 N–H and O–H groups in total. The van der Waals surface area contributed by atoms with E-state index in [1.807, 2.05) is 38.1 Å². The Morgan fingerprint density at radius 2 is 1.82 bits per heavy atom. The summed E-state index contributed by atoms with van der Waals surface area (Å²) in [5.41, 5.74) is 1.57. The molecule has 5 nitrogen and oxygen atoms in total. The SMILES string of the molecule is CC(C)Nc1ncc(C(=O)NCCc2ccc(Cl)cc2)cn1. The Hall–Kier alpha value is -2.14. The molecule has 2 rings (SSSR count). The van der Waals surface area contributed by atoms with Crippen LogP contribution in [0.15, 0.2) is 36.7 Å². The van der Waals surface area contributed by atoms with Crippen molar-refractivity contribution in [2.45, 2.75) is 26.3 Å². The monoisotopic (exact) mass is 318 g/mol. The van der Waals surface area contributed by atoms with E-state index < -0.39 is 0 Å². The molecule has 1 aromatic carbocycles. The average Bonchev–Trinajstić information content (AvgIpc) is 2.49.